The van der Waals surface area contributed by atoms with Crippen LogP contribution in [0.3, 0.4) is 0 Å². The molecule has 0 heterocycles. The molecule has 1 aromatic rings. The number of hydrogen-bond donors (Lipinski definition) is 3. The molecule has 152 valence electrons. The summed E-state index contributed by atoms with van der Waals surface area (Å²) in [6.45, 7) is 6.11. The van der Waals surface area contributed by atoms with Gasteiger partial charge in [0.1, 0.15) is 0 Å². The molecule has 0 aliphatic heterocycles. The second kappa shape index (κ2) is 11.0. The number of sulfonamides is 1. The zero-order valence-electron chi connectivity index (χ0n) is 16.2. The molecule has 2 amide bonds. The SMILES string of the molecule is COCCCNC(=O)C[C@H](NS(=O)(=O)c1ccc(NC(C)=O)cc1)C(C)C. The highest BCUT2D eigenvalue weighted by molar-refractivity contribution is 7.89. The van der Waals surface area contributed by atoms with Crippen LogP contribution in [-0.2, 0) is 24.3 Å². The van der Waals surface area contributed by atoms with Crippen LogP contribution in [0.15, 0.2) is 29.2 Å². The summed E-state index contributed by atoms with van der Waals surface area (Å²) in [6.07, 6.45) is 0.745. The van der Waals surface area contributed by atoms with Crippen molar-refractivity contribution in [2.24, 2.45) is 5.92 Å². The Morgan fingerprint density at radius 3 is 2.30 bits per heavy atom. The highest BCUT2D eigenvalue weighted by atomic mass is 32.2. The molecule has 0 aliphatic carbocycles. The summed E-state index contributed by atoms with van der Waals surface area (Å²) in [5.74, 6) is -0.517. The zero-order valence-corrected chi connectivity index (χ0v) is 17.1. The van der Waals surface area contributed by atoms with Gasteiger partial charge in [0.05, 0.1) is 4.90 Å². The van der Waals surface area contributed by atoms with Gasteiger partial charge < -0.3 is 15.4 Å². The van der Waals surface area contributed by atoms with Crippen molar-refractivity contribution in [1.29, 1.82) is 0 Å². The number of benzene rings is 1. The first-order valence-corrected chi connectivity index (χ1v) is 10.3. The van der Waals surface area contributed by atoms with Gasteiger partial charge in [0, 0.05) is 45.3 Å². The first-order chi connectivity index (χ1) is 12.7. The zero-order chi connectivity index (χ0) is 20.4. The fourth-order valence-corrected chi connectivity index (χ4v) is 3.70. The van der Waals surface area contributed by atoms with Gasteiger partial charge in [-0.05, 0) is 36.6 Å². The number of rotatable bonds is 11. The van der Waals surface area contributed by atoms with Crippen molar-refractivity contribution in [3.8, 4) is 0 Å². The van der Waals surface area contributed by atoms with Crippen LogP contribution in [0.5, 0.6) is 0 Å². The maximum Gasteiger partial charge on any atom is 0.240 e. The number of anilines is 1. The van der Waals surface area contributed by atoms with Crippen molar-refractivity contribution >= 4 is 27.5 Å². The normalized spacial score (nSPS) is 12.6. The Balaban J connectivity index is 2.74. The number of nitrogens with one attached hydrogen (secondary N) is 3. The summed E-state index contributed by atoms with van der Waals surface area (Å²) < 4.78 is 32.8. The summed E-state index contributed by atoms with van der Waals surface area (Å²) in [7, 11) is -2.20. The fraction of sp³-hybridized carbons (Fsp3) is 0.556. The van der Waals surface area contributed by atoms with Gasteiger partial charge >= 0.3 is 0 Å². The van der Waals surface area contributed by atoms with Gasteiger partial charge in [-0.1, -0.05) is 13.8 Å². The Morgan fingerprint density at radius 2 is 1.78 bits per heavy atom. The lowest BCUT2D eigenvalue weighted by atomic mass is 10.0. The Labute approximate surface area is 161 Å². The summed E-state index contributed by atoms with van der Waals surface area (Å²) >= 11 is 0. The predicted molar refractivity (Wildman–Crippen MR) is 104 cm³/mol. The van der Waals surface area contributed by atoms with E-state index in [2.05, 4.69) is 15.4 Å². The van der Waals surface area contributed by atoms with Gasteiger partial charge in [0.25, 0.3) is 0 Å². The van der Waals surface area contributed by atoms with E-state index in [1.165, 1.54) is 31.2 Å². The molecule has 8 nitrogen and oxygen atoms in total. The molecule has 1 aromatic carbocycles. The molecule has 0 saturated carbocycles. The van der Waals surface area contributed by atoms with E-state index in [0.29, 0.717) is 25.3 Å². The highest BCUT2D eigenvalue weighted by Crippen LogP contribution is 2.16. The second-order valence-electron chi connectivity index (χ2n) is 6.58. The van der Waals surface area contributed by atoms with Gasteiger partial charge in [0.15, 0.2) is 0 Å². The molecule has 9 heteroatoms. The lowest BCUT2D eigenvalue weighted by Gasteiger charge is -2.22. The third kappa shape index (κ3) is 8.51. The largest absolute Gasteiger partial charge is 0.385 e. The Bertz CT molecular complexity index is 717. The molecule has 0 aliphatic rings. The van der Waals surface area contributed by atoms with Gasteiger partial charge in [-0.25, -0.2) is 13.1 Å². The summed E-state index contributed by atoms with van der Waals surface area (Å²) in [5, 5.41) is 5.34. The highest BCUT2D eigenvalue weighted by Gasteiger charge is 2.24. The topological polar surface area (TPSA) is 114 Å². The smallest absolute Gasteiger partial charge is 0.240 e. The van der Waals surface area contributed by atoms with Crippen molar-refractivity contribution in [1.82, 2.24) is 10.0 Å². The average molecular weight is 400 g/mol. The number of hydrogen-bond acceptors (Lipinski definition) is 5. The minimum Gasteiger partial charge on any atom is -0.385 e. The van der Waals surface area contributed by atoms with Crippen molar-refractivity contribution in [2.45, 2.75) is 44.6 Å². The molecule has 27 heavy (non-hydrogen) atoms. The molecular weight excluding hydrogens is 370 g/mol. The van der Waals surface area contributed by atoms with E-state index in [1.807, 2.05) is 13.8 Å². The van der Waals surface area contributed by atoms with Gasteiger partial charge in [-0.15, -0.1) is 0 Å². The standard InChI is InChI=1S/C18H29N3O5S/c1-13(2)17(12-18(23)19-10-5-11-26-4)21-27(24,25)16-8-6-15(7-9-16)20-14(3)22/h6-9,13,17,21H,5,10-12H2,1-4H3,(H,19,23)(H,20,22)/t17-/m0/s1. The molecule has 1 rings (SSSR count). The Morgan fingerprint density at radius 1 is 1.15 bits per heavy atom. The fourth-order valence-electron chi connectivity index (χ4n) is 2.32. The van der Waals surface area contributed by atoms with Crippen LogP contribution >= 0.6 is 0 Å². The first kappa shape index (κ1) is 23.1. The van der Waals surface area contributed by atoms with Gasteiger partial charge in [-0.3, -0.25) is 9.59 Å². The van der Waals surface area contributed by atoms with Crippen LogP contribution in [0, 0.1) is 5.92 Å². The van der Waals surface area contributed by atoms with Crippen LogP contribution < -0.4 is 15.4 Å². The molecule has 0 aromatic heterocycles. The number of methoxy groups -OCH3 is 1. The quantitative estimate of drug-likeness (QED) is 0.488. The number of carbonyl (C=O) groups excluding carboxylic acids is 2. The van der Waals surface area contributed by atoms with Crippen LogP contribution in [0.1, 0.15) is 33.6 Å². The van der Waals surface area contributed by atoms with E-state index in [4.69, 9.17) is 4.74 Å². The van der Waals surface area contributed by atoms with Crippen molar-refractivity contribution in [3.05, 3.63) is 24.3 Å². The number of ether oxygens (including phenoxy) is 1. The third-order valence-corrected chi connectivity index (χ3v) is 5.35. The van der Waals surface area contributed by atoms with Gasteiger partial charge in [-0.2, -0.15) is 0 Å². The molecule has 0 bridgehead atoms. The molecule has 0 saturated heterocycles. The maximum absolute atomic E-state index is 12.6. The molecule has 0 spiro atoms. The minimum atomic E-state index is -3.79. The van der Waals surface area contributed by atoms with E-state index in [0.717, 1.165) is 0 Å². The second-order valence-corrected chi connectivity index (χ2v) is 8.29. The minimum absolute atomic E-state index is 0.0495. The van der Waals surface area contributed by atoms with E-state index in [1.54, 1.807) is 7.11 Å². The average Bonchev–Trinajstić information content (AvgIpc) is 2.58. The van der Waals surface area contributed by atoms with Crippen molar-refractivity contribution in [3.63, 3.8) is 0 Å². The molecule has 0 radical (unpaired) electrons. The van der Waals surface area contributed by atoms with Crippen molar-refractivity contribution < 1.29 is 22.7 Å². The third-order valence-electron chi connectivity index (χ3n) is 3.85. The predicted octanol–water partition coefficient (Wildman–Crippen LogP) is 1.49. The lowest BCUT2D eigenvalue weighted by molar-refractivity contribution is -0.121. The number of carbonyl (C=O) groups is 2. The Kier molecular flexibility index (Phi) is 9.40. The molecule has 0 unspecified atom stereocenters. The molecule has 3 N–H and O–H groups in total. The molecular formula is C18H29N3O5S. The molecule has 1 atom stereocenters. The maximum atomic E-state index is 12.6. The summed E-state index contributed by atoms with van der Waals surface area (Å²) in [5.41, 5.74) is 0.511. The Hall–Kier alpha value is -1.97. The van der Waals surface area contributed by atoms with E-state index >= 15 is 0 Å². The monoisotopic (exact) mass is 399 g/mol. The lowest BCUT2D eigenvalue weighted by Crippen LogP contribution is -2.42. The van der Waals surface area contributed by atoms with E-state index in [9.17, 15) is 18.0 Å². The van der Waals surface area contributed by atoms with Crippen LogP contribution in [0.2, 0.25) is 0 Å². The first-order valence-electron chi connectivity index (χ1n) is 8.81. The van der Waals surface area contributed by atoms with Crippen LogP contribution in [-0.4, -0.2) is 46.5 Å². The van der Waals surface area contributed by atoms with Crippen LogP contribution in [0.25, 0.3) is 0 Å². The van der Waals surface area contributed by atoms with E-state index < -0.39 is 16.1 Å². The molecule has 0 fully saturated rings. The summed E-state index contributed by atoms with van der Waals surface area (Å²) in [6, 6.07) is 5.32. The van der Waals surface area contributed by atoms with E-state index in [-0.39, 0.29) is 29.0 Å². The van der Waals surface area contributed by atoms with Crippen LogP contribution in [0.4, 0.5) is 5.69 Å². The summed E-state index contributed by atoms with van der Waals surface area (Å²) in [4.78, 5) is 23.2. The van der Waals surface area contributed by atoms with Gasteiger partial charge in [0.2, 0.25) is 21.8 Å². The van der Waals surface area contributed by atoms with Crippen molar-refractivity contribution in [2.75, 3.05) is 25.6 Å². The number of amides is 2.